The Labute approximate surface area is 124 Å². The number of nitrogens with one attached hydrogen (secondary N) is 1. The molecule has 0 radical (unpaired) electrons. The molecule has 1 saturated heterocycles. The largest absolute Gasteiger partial charge is 0.451 e. The molecule has 0 bridgehead atoms. The van der Waals surface area contributed by atoms with E-state index in [0.29, 0.717) is 25.2 Å². The maximum absolute atomic E-state index is 12.9. The van der Waals surface area contributed by atoms with Crippen LogP contribution in [0.1, 0.15) is 25.6 Å². The van der Waals surface area contributed by atoms with E-state index in [9.17, 15) is 13.2 Å². The van der Waals surface area contributed by atoms with Crippen molar-refractivity contribution in [3.8, 4) is 0 Å². The van der Waals surface area contributed by atoms with Gasteiger partial charge in [0, 0.05) is 19.7 Å². The number of piperidine rings is 1. The highest BCUT2D eigenvalue weighted by atomic mass is 19.4. The average Bonchev–Trinajstić information content (AvgIpc) is 2.95. The Morgan fingerprint density at radius 1 is 1.32 bits per heavy atom. The molecule has 3 rings (SSSR count). The van der Waals surface area contributed by atoms with Gasteiger partial charge in [0.15, 0.2) is 11.5 Å². The summed E-state index contributed by atoms with van der Waals surface area (Å²) in [5, 5.41) is 0. The van der Waals surface area contributed by atoms with Gasteiger partial charge in [-0.25, -0.2) is 15.0 Å². The van der Waals surface area contributed by atoms with E-state index in [0.717, 1.165) is 12.8 Å². The maximum Gasteiger partial charge on any atom is 0.451 e. The third-order valence-corrected chi connectivity index (χ3v) is 3.66. The van der Waals surface area contributed by atoms with Gasteiger partial charge in [-0.3, -0.25) is 0 Å². The van der Waals surface area contributed by atoms with Crippen LogP contribution in [0, 0.1) is 0 Å². The van der Waals surface area contributed by atoms with Gasteiger partial charge in [0.1, 0.15) is 5.52 Å². The van der Waals surface area contributed by atoms with Crippen molar-refractivity contribution < 1.29 is 17.9 Å². The lowest BCUT2D eigenvalue weighted by molar-refractivity contribution is -0.144. The number of aromatic nitrogens is 4. The number of ether oxygens (including phenoxy) is 1. The molecule has 0 atom stereocenters. The zero-order chi connectivity index (χ0) is 15.7. The number of nitrogens with zero attached hydrogens (tertiary/aromatic N) is 4. The van der Waals surface area contributed by atoms with E-state index >= 15 is 0 Å². The molecule has 0 unspecified atom stereocenters. The van der Waals surface area contributed by atoms with Crippen LogP contribution in [-0.2, 0) is 10.9 Å². The number of rotatable bonds is 3. The van der Waals surface area contributed by atoms with Crippen molar-refractivity contribution in [1.29, 1.82) is 0 Å². The molecule has 1 aliphatic heterocycles. The van der Waals surface area contributed by atoms with Crippen LogP contribution in [0.2, 0.25) is 0 Å². The second kappa shape index (κ2) is 5.71. The van der Waals surface area contributed by atoms with E-state index < -0.39 is 12.0 Å². The van der Waals surface area contributed by atoms with Gasteiger partial charge >= 0.3 is 6.18 Å². The number of anilines is 1. The summed E-state index contributed by atoms with van der Waals surface area (Å²) in [6.45, 7) is 3.75. The van der Waals surface area contributed by atoms with Crippen LogP contribution in [-0.4, -0.2) is 45.7 Å². The smallest absolute Gasteiger partial charge is 0.378 e. The van der Waals surface area contributed by atoms with E-state index in [-0.39, 0.29) is 17.6 Å². The van der Waals surface area contributed by atoms with Gasteiger partial charge in [-0.1, -0.05) is 0 Å². The van der Waals surface area contributed by atoms with Gasteiger partial charge < -0.3 is 14.6 Å². The molecule has 0 aliphatic carbocycles. The fourth-order valence-electron chi connectivity index (χ4n) is 2.64. The van der Waals surface area contributed by atoms with E-state index in [1.165, 1.54) is 6.33 Å². The molecule has 6 nitrogen and oxygen atoms in total. The summed E-state index contributed by atoms with van der Waals surface area (Å²) < 4.78 is 44.3. The molecule has 2 aromatic rings. The number of imidazole rings is 1. The highest BCUT2D eigenvalue weighted by Gasteiger charge is 2.37. The first kappa shape index (κ1) is 15.0. The first-order valence-corrected chi connectivity index (χ1v) is 7.14. The lowest BCUT2D eigenvalue weighted by atomic mass is 10.1. The fraction of sp³-hybridized carbons (Fsp3) is 0.615. The van der Waals surface area contributed by atoms with E-state index in [1.54, 1.807) is 0 Å². The summed E-state index contributed by atoms with van der Waals surface area (Å²) >= 11 is 0. The second-order valence-corrected chi connectivity index (χ2v) is 5.11. The van der Waals surface area contributed by atoms with Crippen molar-refractivity contribution in [3.63, 3.8) is 0 Å². The Bertz CT molecular complexity index is 649. The first-order chi connectivity index (χ1) is 10.5. The minimum Gasteiger partial charge on any atom is -0.378 e. The zero-order valence-electron chi connectivity index (χ0n) is 12.0. The van der Waals surface area contributed by atoms with Crippen LogP contribution in [0.25, 0.3) is 11.2 Å². The summed E-state index contributed by atoms with van der Waals surface area (Å²) in [6, 6.07) is 0. The lowest BCUT2D eigenvalue weighted by Gasteiger charge is -2.32. The van der Waals surface area contributed by atoms with Gasteiger partial charge in [-0.05, 0) is 19.8 Å². The van der Waals surface area contributed by atoms with Crippen molar-refractivity contribution in [3.05, 3.63) is 12.2 Å². The number of alkyl halides is 3. The van der Waals surface area contributed by atoms with Gasteiger partial charge in [-0.2, -0.15) is 13.2 Å². The van der Waals surface area contributed by atoms with Gasteiger partial charge in [0.25, 0.3) is 0 Å². The van der Waals surface area contributed by atoms with Crippen LogP contribution >= 0.6 is 0 Å². The molecule has 1 aliphatic rings. The highest BCUT2D eigenvalue weighted by molar-refractivity contribution is 5.83. The van der Waals surface area contributed by atoms with Crippen LogP contribution < -0.4 is 4.90 Å². The molecular formula is C13H16F3N5O. The van der Waals surface area contributed by atoms with Crippen LogP contribution in [0.5, 0.6) is 0 Å². The Kier molecular flexibility index (Phi) is 3.90. The third kappa shape index (κ3) is 2.85. The van der Waals surface area contributed by atoms with E-state index in [1.807, 2.05) is 11.8 Å². The average molecular weight is 315 g/mol. The van der Waals surface area contributed by atoms with Crippen LogP contribution in [0.15, 0.2) is 6.33 Å². The van der Waals surface area contributed by atoms with Gasteiger partial charge in [0.05, 0.1) is 12.4 Å². The number of H-pyrrole nitrogens is 1. The van der Waals surface area contributed by atoms with Crippen molar-refractivity contribution in [2.24, 2.45) is 0 Å². The molecular weight excluding hydrogens is 299 g/mol. The molecule has 0 amide bonds. The summed E-state index contributed by atoms with van der Waals surface area (Å²) in [5.74, 6) is -0.904. The maximum atomic E-state index is 12.9. The molecule has 2 aromatic heterocycles. The van der Waals surface area contributed by atoms with Crippen LogP contribution in [0.4, 0.5) is 19.0 Å². The molecule has 0 saturated carbocycles. The van der Waals surface area contributed by atoms with Crippen molar-refractivity contribution in [2.45, 2.75) is 32.0 Å². The van der Waals surface area contributed by atoms with Crippen LogP contribution in [0.3, 0.4) is 0 Å². The Hall–Kier alpha value is -1.90. The molecule has 1 N–H and O–H groups in total. The topological polar surface area (TPSA) is 66.9 Å². The monoisotopic (exact) mass is 315 g/mol. The zero-order valence-corrected chi connectivity index (χ0v) is 12.0. The molecule has 1 fully saturated rings. The van der Waals surface area contributed by atoms with Crippen molar-refractivity contribution in [1.82, 2.24) is 19.9 Å². The molecule has 9 heteroatoms. The van der Waals surface area contributed by atoms with E-state index in [4.69, 9.17) is 4.74 Å². The minimum atomic E-state index is -4.59. The first-order valence-electron chi connectivity index (χ1n) is 7.14. The number of halogens is 3. The normalized spacial score (nSPS) is 17.4. The standard InChI is InChI=1S/C13H16F3N5O/c1-2-22-8-3-5-21(6-4-8)11-9-10(18-7-17-9)19-12(20-11)13(14,15)16/h7-8H,2-6H2,1H3,(H,17,18,19,20). The molecule has 3 heterocycles. The quantitative estimate of drug-likeness (QED) is 0.942. The number of hydrogen-bond donors (Lipinski definition) is 1. The summed E-state index contributed by atoms with van der Waals surface area (Å²) in [4.78, 5) is 15.7. The third-order valence-electron chi connectivity index (χ3n) is 3.66. The SMILES string of the molecule is CCOC1CCN(c2nc(C(F)(F)F)nc3nc[nH]c23)CC1. The van der Waals surface area contributed by atoms with Crippen molar-refractivity contribution in [2.75, 3.05) is 24.6 Å². The summed E-state index contributed by atoms with van der Waals surface area (Å²) in [7, 11) is 0. The summed E-state index contributed by atoms with van der Waals surface area (Å²) in [5.41, 5.74) is 0.465. The summed E-state index contributed by atoms with van der Waals surface area (Å²) in [6.07, 6.45) is -1.59. The Morgan fingerprint density at radius 2 is 2.05 bits per heavy atom. The number of aromatic amines is 1. The predicted molar refractivity (Wildman–Crippen MR) is 73.5 cm³/mol. The van der Waals surface area contributed by atoms with Gasteiger partial charge in [0.2, 0.25) is 5.82 Å². The number of hydrogen-bond acceptors (Lipinski definition) is 5. The molecule has 0 spiro atoms. The Balaban J connectivity index is 1.91. The second-order valence-electron chi connectivity index (χ2n) is 5.11. The molecule has 22 heavy (non-hydrogen) atoms. The number of fused-ring (bicyclic) bond motifs is 1. The fourth-order valence-corrected chi connectivity index (χ4v) is 2.64. The Morgan fingerprint density at radius 3 is 2.68 bits per heavy atom. The molecule has 120 valence electrons. The highest BCUT2D eigenvalue weighted by Crippen LogP contribution is 2.31. The lowest BCUT2D eigenvalue weighted by Crippen LogP contribution is -2.38. The predicted octanol–water partition coefficient (Wildman–Crippen LogP) is 2.38. The van der Waals surface area contributed by atoms with Crippen molar-refractivity contribution >= 4 is 17.0 Å². The van der Waals surface area contributed by atoms with Gasteiger partial charge in [-0.15, -0.1) is 0 Å². The van der Waals surface area contributed by atoms with E-state index in [2.05, 4.69) is 19.9 Å². The minimum absolute atomic E-state index is 0.0317. The molecule has 0 aromatic carbocycles.